The van der Waals surface area contributed by atoms with E-state index in [0.717, 1.165) is 0 Å². The van der Waals surface area contributed by atoms with E-state index >= 15 is 0 Å². The summed E-state index contributed by atoms with van der Waals surface area (Å²) in [7, 11) is 0. The molecule has 1 aromatic carbocycles. The van der Waals surface area contributed by atoms with Gasteiger partial charge in [-0.2, -0.15) is 0 Å². The molecule has 0 radical (unpaired) electrons. The van der Waals surface area contributed by atoms with E-state index in [9.17, 15) is 9.59 Å². The Bertz CT molecular complexity index is 1470. The van der Waals surface area contributed by atoms with Gasteiger partial charge in [0.05, 0.1) is 41.7 Å². The van der Waals surface area contributed by atoms with E-state index in [1.165, 1.54) is 15.9 Å². The first-order valence-electron chi connectivity index (χ1n) is 11.2. The molecule has 0 unspecified atom stereocenters. The maximum Gasteiger partial charge on any atom is 0.338 e. The first kappa shape index (κ1) is 25.0. The number of halogens is 1. The fraction of sp³-hybridized carbons (Fsp3) is 0.320. The summed E-state index contributed by atoms with van der Waals surface area (Å²) >= 11 is 4.51. The van der Waals surface area contributed by atoms with Gasteiger partial charge in [-0.05, 0) is 73.5 Å². The summed E-state index contributed by atoms with van der Waals surface area (Å²) in [5, 5.41) is 0. The second-order valence-electron chi connectivity index (χ2n) is 7.52. The molecule has 10 heteroatoms. The molecule has 1 aliphatic rings. The van der Waals surface area contributed by atoms with Gasteiger partial charge in [0.25, 0.3) is 5.56 Å². The summed E-state index contributed by atoms with van der Waals surface area (Å²) in [6, 6.07) is 8.19. The number of carbonyl (C=O) groups is 1. The standard InChI is InChI=1S/C25H25BrN2O6S/c1-5-31-17-10-8-15(12-18(17)32-6-2)22-21(24(30)33-7-3)14(4)27-25-28(22)23(29)19(35-25)13-16-9-11-20(26)34-16/h8-13,22H,5-7H2,1-4H3/b19-13-/t22-/m0/s1. The van der Waals surface area contributed by atoms with Crippen LogP contribution in [0.15, 0.2) is 60.5 Å². The zero-order valence-electron chi connectivity index (χ0n) is 19.8. The molecule has 35 heavy (non-hydrogen) atoms. The van der Waals surface area contributed by atoms with Crippen molar-refractivity contribution in [3.63, 3.8) is 0 Å². The average molecular weight is 561 g/mol. The number of esters is 1. The molecule has 0 fully saturated rings. The Balaban J connectivity index is 1.95. The summed E-state index contributed by atoms with van der Waals surface area (Å²) in [5.41, 5.74) is 1.20. The van der Waals surface area contributed by atoms with Crippen LogP contribution >= 0.6 is 27.3 Å². The van der Waals surface area contributed by atoms with E-state index in [-0.39, 0.29) is 12.2 Å². The van der Waals surface area contributed by atoms with Crippen molar-refractivity contribution < 1.29 is 23.4 Å². The normalized spacial score (nSPS) is 15.6. The fourth-order valence-electron chi connectivity index (χ4n) is 3.88. The Morgan fingerprint density at radius 2 is 1.89 bits per heavy atom. The van der Waals surface area contributed by atoms with Gasteiger partial charge in [-0.25, -0.2) is 9.79 Å². The van der Waals surface area contributed by atoms with Crippen molar-refractivity contribution in [2.75, 3.05) is 19.8 Å². The quantitative estimate of drug-likeness (QED) is 0.387. The number of hydrogen-bond donors (Lipinski definition) is 0. The molecule has 3 heterocycles. The number of ether oxygens (including phenoxy) is 3. The maximum atomic E-state index is 13.6. The minimum absolute atomic E-state index is 0.202. The molecule has 0 aliphatic carbocycles. The van der Waals surface area contributed by atoms with Crippen LogP contribution in [0.4, 0.5) is 0 Å². The van der Waals surface area contributed by atoms with E-state index < -0.39 is 12.0 Å². The van der Waals surface area contributed by atoms with Crippen LogP contribution in [0.2, 0.25) is 0 Å². The molecule has 0 amide bonds. The van der Waals surface area contributed by atoms with Crippen LogP contribution in [0.25, 0.3) is 6.08 Å². The number of furan rings is 1. The summed E-state index contributed by atoms with van der Waals surface area (Å²) in [6.07, 6.45) is 1.67. The fourth-order valence-corrected chi connectivity index (χ4v) is 5.23. The predicted octanol–water partition coefficient (Wildman–Crippen LogP) is 3.95. The number of nitrogens with zero attached hydrogens (tertiary/aromatic N) is 2. The Morgan fingerprint density at radius 3 is 2.54 bits per heavy atom. The van der Waals surface area contributed by atoms with Crippen molar-refractivity contribution in [1.29, 1.82) is 0 Å². The monoisotopic (exact) mass is 560 g/mol. The van der Waals surface area contributed by atoms with E-state index in [4.69, 9.17) is 18.6 Å². The van der Waals surface area contributed by atoms with Crippen molar-refractivity contribution in [2.24, 2.45) is 4.99 Å². The van der Waals surface area contributed by atoms with Gasteiger partial charge in [0, 0.05) is 6.08 Å². The number of thiazole rings is 1. The van der Waals surface area contributed by atoms with Gasteiger partial charge in [-0.3, -0.25) is 9.36 Å². The minimum atomic E-state index is -0.745. The van der Waals surface area contributed by atoms with Crippen LogP contribution in [0.3, 0.4) is 0 Å². The molecule has 0 saturated heterocycles. The lowest BCUT2D eigenvalue weighted by molar-refractivity contribution is -0.139. The highest BCUT2D eigenvalue weighted by atomic mass is 79.9. The van der Waals surface area contributed by atoms with Crippen LogP contribution < -0.4 is 24.4 Å². The van der Waals surface area contributed by atoms with Gasteiger partial charge in [-0.1, -0.05) is 17.4 Å². The number of benzene rings is 1. The van der Waals surface area contributed by atoms with Gasteiger partial charge in [-0.15, -0.1) is 0 Å². The summed E-state index contributed by atoms with van der Waals surface area (Å²) in [4.78, 5) is 31.7. The highest BCUT2D eigenvalue weighted by Gasteiger charge is 2.34. The highest BCUT2D eigenvalue weighted by molar-refractivity contribution is 9.10. The first-order valence-corrected chi connectivity index (χ1v) is 12.8. The SMILES string of the molecule is CCOC(=O)C1=C(C)N=c2s/c(=C\c3ccc(Br)o3)c(=O)n2[C@H]1c1ccc(OCC)c(OCC)c1. The van der Waals surface area contributed by atoms with Crippen LogP contribution in [-0.2, 0) is 9.53 Å². The van der Waals surface area contributed by atoms with Crippen LogP contribution in [0, 0.1) is 0 Å². The van der Waals surface area contributed by atoms with E-state index in [2.05, 4.69) is 20.9 Å². The maximum absolute atomic E-state index is 13.6. The van der Waals surface area contributed by atoms with Crippen LogP contribution in [0.1, 0.15) is 45.1 Å². The number of fused-ring (bicyclic) bond motifs is 1. The lowest BCUT2D eigenvalue weighted by Gasteiger charge is -2.25. The molecular weight excluding hydrogens is 536 g/mol. The van der Waals surface area contributed by atoms with Crippen LogP contribution in [0.5, 0.6) is 11.5 Å². The summed E-state index contributed by atoms with van der Waals surface area (Å²) < 4.78 is 24.9. The minimum Gasteiger partial charge on any atom is -0.490 e. The Morgan fingerprint density at radius 1 is 1.14 bits per heavy atom. The molecule has 4 rings (SSSR count). The van der Waals surface area contributed by atoms with Crippen molar-refractivity contribution in [3.8, 4) is 11.5 Å². The topological polar surface area (TPSA) is 92.3 Å². The van der Waals surface area contributed by atoms with Gasteiger partial charge in [0.1, 0.15) is 5.76 Å². The zero-order chi connectivity index (χ0) is 25.1. The number of hydrogen-bond acceptors (Lipinski definition) is 8. The second kappa shape index (κ2) is 10.7. The lowest BCUT2D eigenvalue weighted by Crippen LogP contribution is -2.40. The van der Waals surface area contributed by atoms with Gasteiger partial charge in [0.15, 0.2) is 21.0 Å². The van der Waals surface area contributed by atoms with Crippen LogP contribution in [-0.4, -0.2) is 30.4 Å². The zero-order valence-corrected chi connectivity index (χ0v) is 22.2. The highest BCUT2D eigenvalue weighted by Crippen LogP contribution is 2.36. The molecular formula is C25H25BrN2O6S. The molecule has 0 bridgehead atoms. The van der Waals surface area contributed by atoms with Crippen molar-refractivity contribution in [1.82, 2.24) is 4.57 Å². The molecule has 0 spiro atoms. The van der Waals surface area contributed by atoms with Crippen molar-refractivity contribution in [3.05, 3.63) is 77.3 Å². The predicted molar refractivity (Wildman–Crippen MR) is 136 cm³/mol. The Hall–Kier alpha value is -3.11. The molecule has 0 N–H and O–H groups in total. The van der Waals surface area contributed by atoms with Gasteiger partial charge >= 0.3 is 5.97 Å². The summed E-state index contributed by atoms with van der Waals surface area (Å²) in [5.74, 6) is 1.13. The summed E-state index contributed by atoms with van der Waals surface area (Å²) in [6.45, 7) is 8.38. The van der Waals surface area contributed by atoms with E-state index in [1.807, 2.05) is 19.9 Å². The molecule has 184 valence electrons. The molecule has 0 saturated carbocycles. The average Bonchev–Trinajstić information content (AvgIpc) is 3.37. The Labute approximate surface area is 214 Å². The molecule has 1 atom stereocenters. The van der Waals surface area contributed by atoms with Gasteiger partial charge < -0.3 is 18.6 Å². The van der Waals surface area contributed by atoms with E-state index in [1.54, 1.807) is 44.2 Å². The number of aromatic nitrogens is 1. The smallest absolute Gasteiger partial charge is 0.338 e. The number of rotatable bonds is 8. The Kier molecular flexibility index (Phi) is 7.61. The van der Waals surface area contributed by atoms with Crippen molar-refractivity contribution in [2.45, 2.75) is 33.7 Å². The van der Waals surface area contributed by atoms with Gasteiger partial charge in [0.2, 0.25) is 0 Å². The molecule has 8 nitrogen and oxygen atoms in total. The lowest BCUT2D eigenvalue weighted by atomic mass is 9.95. The third-order valence-corrected chi connectivity index (χ3v) is 6.68. The molecule has 1 aliphatic heterocycles. The number of allylic oxidation sites excluding steroid dienone is 1. The molecule has 3 aromatic rings. The number of carbonyl (C=O) groups excluding carboxylic acids is 1. The third-order valence-electron chi connectivity index (χ3n) is 5.27. The van der Waals surface area contributed by atoms with E-state index in [0.29, 0.717) is 61.3 Å². The third kappa shape index (κ3) is 4.99. The molecule has 2 aromatic heterocycles. The first-order chi connectivity index (χ1) is 16.9. The second-order valence-corrected chi connectivity index (χ2v) is 9.31. The van der Waals surface area contributed by atoms with Crippen molar-refractivity contribution >= 4 is 39.3 Å². The largest absolute Gasteiger partial charge is 0.490 e.